The van der Waals surface area contributed by atoms with Crippen LogP contribution in [0.5, 0.6) is 0 Å². The largest absolute Gasteiger partial charge is 0.423 e. The van der Waals surface area contributed by atoms with Gasteiger partial charge in [-0.2, -0.15) is 0 Å². The lowest BCUT2D eigenvalue weighted by Crippen LogP contribution is -2.07. The highest BCUT2D eigenvalue weighted by Gasteiger charge is 2.13. The summed E-state index contributed by atoms with van der Waals surface area (Å²) in [5.74, 6) is 1.15. The molecule has 0 spiro atoms. The van der Waals surface area contributed by atoms with Crippen molar-refractivity contribution in [2.75, 3.05) is 5.32 Å². The fourth-order valence-corrected chi connectivity index (χ4v) is 3.50. The number of rotatable bonds is 4. The Morgan fingerprint density at radius 2 is 1.96 bits per heavy atom. The first-order valence-corrected chi connectivity index (χ1v) is 8.53. The number of para-hydroxylation sites is 1. The quantitative estimate of drug-likeness (QED) is 0.578. The van der Waals surface area contributed by atoms with Gasteiger partial charge >= 0.3 is 0 Å². The molecule has 0 aliphatic heterocycles. The SMILES string of the molecule is Cc1nnc([C@@H](C)Nc2cccc(-c3nc4ccccc4s3)c2)o1. The topological polar surface area (TPSA) is 63.8 Å². The highest BCUT2D eigenvalue weighted by molar-refractivity contribution is 7.21. The van der Waals surface area contributed by atoms with Crippen LogP contribution in [0.2, 0.25) is 0 Å². The average molecular weight is 336 g/mol. The summed E-state index contributed by atoms with van der Waals surface area (Å²) in [5.41, 5.74) is 3.12. The van der Waals surface area contributed by atoms with E-state index in [9.17, 15) is 0 Å². The smallest absolute Gasteiger partial charge is 0.238 e. The first kappa shape index (κ1) is 14.8. The molecular formula is C18H16N4OS. The lowest BCUT2D eigenvalue weighted by atomic mass is 10.2. The Labute approximate surface area is 143 Å². The predicted octanol–water partition coefficient (Wildman–Crippen LogP) is 4.83. The molecule has 4 rings (SSSR count). The third-order valence-electron chi connectivity index (χ3n) is 3.70. The second-order valence-electron chi connectivity index (χ2n) is 5.59. The summed E-state index contributed by atoms with van der Waals surface area (Å²) in [6.07, 6.45) is 0. The Balaban J connectivity index is 1.61. The summed E-state index contributed by atoms with van der Waals surface area (Å²) in [4.78, 5) is 4.71. The molecule has 1 atom stereocenters. The van der Waals surface area contributed by atoms with Gasteiger partial charge in [0, 0.05) is 18.2 Å². The molecule has 120 valence electrons. The molecule has 0 fully saturated rings. The Morgan fingerprint density at radius 1 is 1.08 bits per heavy atom. The van der Waals surface area contributed by atoms with E-state index in [-0.39, 0.29) is 6.04 Å². The van der Waals surface area contributed by atoms with Gasteiger partial charge in [0.25, 0.3) is 0 Å². The standard InChI is InChI=1S/C18H16N4OS/c1-11(17-22-21-12(2)23-17)19-14-7-5-6-13(10-14)18-20-15-8-3-4-9-16(15)24-18/h3-11,19H,1-2H3/t11-/m1/s1. The number of nitrogens with zero attached hydrogens (tertiary/aromatic N) is 3. The van der Waals surface area contributed by atoms with Crippen molar-refractivity contribution in [1.82, 2.24) is 15.2 Å². The summed E-state index contributed by atoms with van der Waals surface area (Å²) in [7, 11) is 0. The lowest BCUT2D eigenvalue weighted by Gasteiger charge is -2.12. The summed E-state index contributed by atoms with van der Waals surface area (Å²) in [6.45, 7) is 3.79. The van der Waals surface area contributed by atoms with Crippen LogP contribution in [0.1, 0.15) is 24.7 Å². The van der Waals surface area contributed by atoms with Gasteiger partial charge in [0.2, 0.25) is 11.8 Å². The molecule has 0 amide bonds. The molecule has 0 aliphatic rings. The van der Waals surface area contributed by atoms with Crippen LogP contribution in [0.15, 0.2) is 52.9 Å². The second-order valence-corrected chi connectivity index (χ2v) is 6.62. The Kier molecular flexibility index (Phi) is 3.74. The van der Waals surface area contributed by atoms with E-state index in [4.69, 9.17) is 9.40 Å². The van der Waals surface area contributed by atoms with Gasteiger partial charge in [0.05, 0.1) is 10.2 Å². The average Bonchev–Trinajstić information content (AvgIpc) is 3.21. The highest BCUT2D eigenvalue weighted by atomic mass is 32.1. The maximum atomic E-state index is 5.48. The van der Waals surface area contributed by atoms with Gasteiger partial charge in [-0.1, -0.05) is 24.3 Å². The normalized spacial score (nSPS) is 12.4. The molecule has 0 saturated carbocycles. The number of thiazole rings is 1. The minimum absolute atomic E-state index is 0.0585. The Bertz CT molecular complexity index is 958. The molecular weight excluding hydrogens is 320 g/mol. The van der Waals surface area contributed by atoms with Crippen molar-refractivity contribution >= 4 is 27.2 Å². The third-order valence-corrected chi connectivity index (χ3v) is 4.78. The molecule has 0 unspecified atom stereocenters. The number of anilines is 1. The van der Waals surface area contributed by atoms with Gasteiger partial charge in [-0.25, -0.2) is 4.98 Å². The second kappa shape index (κ2) is 6.05. The first-order valence-electron chi connectivity index (χ1n) is 7.71. The van der Waals surface area contributed by atoms with Crippen molar-refractivity contribution < 1.29 is 4.42 Å². The summed E-state index contributed by atoms with van der Waals surface area (Å²) in [6, 6.07) is 16.3. The zero-order valence-corrected chi connectivity index (χ0v) is 14.2. The van der Waals surface area contributed by atoms with Gasteiger partial charge < -0.3 is 9.73 Å². The van der Waals surface area contributed by atoms with Crippen molar-refractivity contribution in [3.05, 3.63) is 60.3 Å². The Hall–Kier alpha value is -2.73. The fraction of sp³-hybridized carbons (Fsp3) is 0.167. The maximum absolute atomic E-state index is 5.48. The van der Waals surface area contributed by atoms with Crippen LogP contribution in [-0.4, -0.2) is 15.2 Å². The number of hydrogen-bond donors (Lipinski definition) is 1. The van der Waals surface area contributed by atoms with Crippen LogP contribution < -0.4 is 5.32 Å². The number of nitrogens with one attached hydrogen (secondary N) is 1. The van der Waals surface area contributed by atoms with E-state index in [1.165, 1.54) is 4.70 Å². The molecule has 4 aromatic rings. The zero-order chi connectivity index (χ0) is 16.5. The minimum Gasteiger partial charge on any atom is -0.423 e. The number of aromatic nitrogens is 3. The fourth-order valence-electron chi connectivity index (χ4n) is 2.54. The van der Waals surface area contributed by atoms with Gasteiger partial charge in [-0.15, -0.1) is 21.5 Å². The van der Waals surface area contributed by atoms with E-state index < -0.39 is 0 Å². The molecule has 2 aromatic carbocycles. The van der Waals surface area contributed by atoms with Crippen LogP contribution in [0.25, 0.3) is 20.8 Å². The number of aryl methyl sites for hydroxylation is 1. The van der Waals surface area contributed by atoms with E-state index in [0.717, 1.165) is 21.8 Å². The molecule has 2 heterocycles. The van der Waals surface area contributed by atoms with Crippen LogP contribution in [0.3, 0.4) is 0 Å². The zero-order valence-electron chi connectivity index (χ0n) is 13.4. The van der Waals surface area contributed by atoms with Gasteiger partial charge in [0.1, 0.15) is 11.0 Å². The summed E-state index contributed by atoms with van der Waals surface area (Å²) >= 11 is 1.70. The Morgan fingerprint density at radius 3 is 2.75 bits per heavy atom. The molecule has 6 heteroatoms. The molecule has 5 nitrogen and oxygen atoms in total. The van der Waals surface area contributed by atoms with E-state index in [2.05, 4.69) is 33.7 Å². The van der Waals surface area contributed by atoms with Crippen LogP contribution in [0.4, 0.5) is 5.69 Å². The van der Waals surface area contributed by atoms with Crippen molar-refractivity contribution in [1.29, 1.82) is 0 Å². The van der Waals surface area contributed by atoms with E-state index in [0.29, 0.717) is 11.8 Å². The number of fused-ring (bicyclic) bond motifs is 1. The van der Waals surface area contributed by atoms with Crippen molar-refractivity contribution in [3.8, 4) is 10.6 Å². The van der Waals surface area contributed by atoms with Gasteiger partial charge in [0.15, 0.2) is 0 Å². The predicted molar refractivity (Wildman–Crippen MR) is 96.1 cm³/mol. The lowest BCUT2D eigenvalue weighted by molar-refractivity contribution is 0.451. The maximum Gasteiger partial charge on any atom is 0.238 e. The van der Waals surface area contributed by atoms with Crippen molar-refractivity contribution in [2.24, 2.45) is 0 Å². The van der Waals surface area contributed by atoms with Gasteiger partial charge in [-0.3, -0.25) is 0 Å². The van der Waals surface area contributed by atoms with Gasteiger partial charge in [-0.05, 0) is 31.2 Å². The number of hydrogen-bond acceptors (Lipinski definition) is 6. The molecule has 1 N–H and O–H groups in total. The molecule has 24 heavy (non-hydrogen) atoms. The molecule has 0 saturated heterocycles. The van der Waals surface area contributed by atoms with Crippen LogP contribution in [0, 0.1) is 6.92 Å². The third kappa shape index (κ3) is 2.88. The summed E-state index contributed by atoms with van der Waals surface area (Å²) < 4.78 is 6.67. The molecule has 0 radical (unpaired) electrons. The van der Waals surface area contributed by atoms with Crippen molar-refractivity contribution in [2.45, 2.75) is 19.9 Å². The van der Waals surface area contributed by atoms with E-state index in [1.54, 1.807) is 18.3 Å². The molecule has 0 aliphatic carbocycles. The molecule has 2 aromatic heterocycles. The van der Waals surface area contributed by atoms with E-state index in [1.807, 2.05) is 37.3 Å². The van der Waals surface area contributed by atoms with E-state index >= 15 is 0 Å². The van der Waals surface area contributed by atoms with Crippen LogP contribution in [-0.2, 0) is 0 Å². The minimum atomic E-state index is -0.0585. The van der Waals surface area contributed by atoms with Crippen molar-refractivity contribution in [3.63, 3.8) is 0 Å². The highest BCUT2D eigenvalue weighted by Crippen LogP contribution is 2.31. The first-order chi connectivity index (χ1) is 11.7. The monoisotopic (exact) mass is 336 g/mol. The van der Waals surface area contributed by atoms with Crippen LogP contribution >= 0.6 is 11.3 Å². The number of benzene rings is 2. The summed E-state index contributed by atoms with van der Waals surface area (Å²) in [5, 5.41) is 12.3. The molecule has 0 bridgehead atoms.